The molecule has 0 saturated heterocycles. The van der Waals surface area contributed by atoms with Crippen molar-refractivity contribution in [2.24, 2.45) is 11.7 Å². The van der Waals surface area contributed by atoms with E-state index in [9.17, 15) is 4.39 Å². The number of rotatable bonds is 7. The summed E-state index contributed by atoms with van der Waals surface area (Å²) in [7, 11) is 1.83. The number of nitrogens with zero attached hydrogens (tertiary/aromatic N) is 1. The predicted octanol–water partition coefficient (Wildman–Crippen LogP) is 1.97. The quantitative estimate of drug-likeness (QED) is 0.450. The number of amidine groups is 1. The summed E-state index contributed by atoms with van der Waals surface area (Å²) >= 11 is 0. The molecule has 1 aliphatic rings. The van der Waals surface area contributed by atoms with Crippen molar-refractivity contribution in [3.05, 3.63) is 29.6 Å². The topological polar surface area (TPSA) is 62.3 Å². The molecule has 0 heterocycles. The summed E-state index contributed by atoms with van der Waals surface area (Å²) in [5.74, 6) is 0.259. The average Bonchev–Trinajstić information content (AvgIpc) is 3.18. The van der Waals surface area contributed by atoms with Crippen molar-refractivity contribution in [3.8, 4) is 0 Å². The second-order valence-electron chi connectivity index (χ2n) is 5.02. The number of nitrogens with two attached hydrogens (primary N) is 1. The molecule has 0 atom stereocenters. The lowest BCUT2D eigenvalue weighted by Crippen LogP contribution is -2.24. The minimum Gasteiger partial charge on any atom is -0.384 e. The van der Waals surface area contributed by atoms with Gasteiger partial charge in [-0.3, -0.25) is 5.41 Å². The van der Waals surface area contributed by atoms with Crippen LogP contribution in [0.3, 0.4) is 0 Å². The highest BCUT2D eigenvalue weighted by Crippen LogP contribution is 2.28. The number of benzene rings is 1. The lowest BCUT2D eigenvalue weighted by molar-refractivity contribution is 0.131. The van der Waals surface area contributed by atoms with Gasteiger partial charge in [-0.2, -0.15) is 0 Å². The average molecular weight is 265 g/mol. The molecule has 1 aliphatic carbocycles. The number of halogens is 1. The van der Waals surface area contributed by atoms with Gasteiger partial charge in [-0.05, 0) is 37.0 Å². The van der Waals surface area contributed by atoms with Crippen LogP contribution in [0, 0.1) is 17.1 Å². The van der Waals surface area contributed by atoms with Crippen molar-refractivity contribution in [3.63, 3.8) is 0 Å². The minimum absolute atomic E-state index is 0.124. The van der Waals surface area contributed by atoms with E-state index in [1.54, 1.807) is 12.1 Å². The van der Waals surface area contributed by atoms with Crippen molar-refractivity contribution in [1.29, 1.82) is 5.41 Å². The van der Waals surface area contributed by atoms with E-state index in [0.717, 1.165) is 12.5 Å². The van der Waals surface area contributed by atoms with Crippen molar-refractivity contribution < 1.29 is 9.13 Å². The molecule has 2 rings (SSSR count). The molecule has 19 heavy (non-hydrogen) atoms. The lowest BCUT2D eigenvalue weighted by atomic mass is 10.1. The molecule has 0 unspecified atom stereocenters. The summed E-state index contributed by atoms with van der Waals surface area (Å²) in [6.45, 7) is 2.06. The van der Waals surface area contributed by atoms with Crippen LogP contribution in [-0.4, -0.2) is 32.6 Å². The molecule has 0 spiro atoms. The van der Waals surface area contributed by atoms with E-state index in [2.05, 4.69) is 0 Å². The molecule has 1 saturated carbocycles. The Morgan fingerprint density at radius 2 is 2.26 bits per heavy atom. The Kier molecular flexibility index (Phi) is 4.37. The number of hydrogen-bond donors (Lipinski definition) is 2. The van der Waals surface area contributed by atoms with Crippen molar-refractivity contribution in [1.82, 2.24) is 0 Å². The van der Waals surface area contributed by atoms with E-state index in [1.807, 2.05) is 11.9 Å². The molecule has 1 aromatic rings. The highest BCUT2D eigenvalue weighted by Gasteiger charge is 2.21. The minimum atomic E-state index is -0.364. The van der Waals surface area contributed by atoms with Crippen molar-refractivity contribution in [2.75, 3.05) is 31.7 Å². The van der Waals surface area contributed by atoms with Crippen molar-refractivity contribution >= 4 is 11.5 Å². The van der Waals surface area contributed by atoms with E-state index in [1.165, 1.54) is 18.9 Å². The Balaban J connectivity index is 1.86. The first-order chi connectivity index (χ1) is 9.08. The Morgan fingerprint density at radius 1 is 1.53 bits per heavy atom. The van der Waals surface area contributed by atoms with Gasteiger partial charge in [0.05, 0.1) is 12.3 Å². The lowest BCUT2D eigenvalue weighted by Gasteiger charge is -2.20. The zero-order chi connectivity index (χ0) is 13.8. The normalized spacial score (nSPS) is 14.4. The van der Waals surface area contributed by atoms with Crippen LogP contribution in [-0.2, 0) is 4.74 Å². The van der Waals surface area contributed by atoms with Gasteiger partial charge in [0.15, 0.2) is 0 Å². The van der Waals surface area contributed by atoms with Gasteiger partial charge < -0.3 is 15.4 Å². The Bertz CT molecular complexity index is 460. The van der Waals surface area contributed by atoms with Crippen LogP contribution in [0.5, 0.6) is 0 Å². The Labute approximate surface area is 112 Å². The van der Waals surface area contributed by atoms with Gasteiger partial charge in [-0.15, -0.1) is 0 Å². The summed E-state index contributed by atoms with van der Waals surface area (Å²) in [4.78, 5) is 1.81. The molecular weight excluding hydrogens is 245 g/mol. The first-order valence-electron chi connectivity index (χ1n) is 6.50. The number of anilines is 1. The number of hydrogen-bond acceptors (Lipinski definition) is 3. The maximum atomic E-state index is 13.9. The fourth-order valence-electron chi connectivity index (χ4n) is 1.84. The molecule has 0 radical (unpaired) electrons. The second-order valence-corrected chi connectivity index (χ2v) is 5.02. The van der Waals surface area contributed by atoms with Gasteiger partial charge in [-0.25, -0.2) is 4.39 Å². The zero-order valence-corrected chi connectivity index (χ0v) is 11.2. The van der Waals surface area contributed by atoms with Crippen LogP contribution in [0.25, 0.3) is 0 Å². The fraction of sp³-hybridized carbons (Fsp3) is 0.500. The largest absolute Gasteiger partial charge is 0.384 e. The van der Waals surface area contributed by atoms with Crippen molar-refractivity contribution in [2.45, 2.75) is 12.8 Å². The number of nitrogen functional groups attached to an aromatic ring is 1. The summed E-state index contributed by atoms with van der Waals surface area (Å²) < 4.78 is 19.4. The van der Waals surface area contributed by atoms with Crippen LogP contribution >= 0.6 is 0 Å². The van der Waals surface area contributed by atoms with Gasteiger partial charge in [0.25, 0.3) is 0 Å². The molecule has 4 nitrogen and oxygen atoms in total. The van der Waals surface area contributed by atoms with Gasteiger partial charge in [0, 0.05) is 25.8 Å². The van der Waals surface area contributed by atoms with E-state index < -0.39 is 0 Å². The molecular formula is C14H20FN3O. The molecule has 3 N–H and O–H groups in total. The number of likely N-dealkylation sites (N-methyl/N-ethyl adjacent to an activating group) is 1. The Morgan fingerprint density at radius 3 is 2.84 bits per heavy atom. The van der Waals surface area contributed by atoms with Gasteiger partial charge >= 0.3 is 0 Å². The Hall–Kier alpha value is -1.62. The van der Waals surface area contributed by atoms with Gasteiger partial charge in [0.2, 0.25) is 0 Å². The third-order valence-corrected chi connectivity index (χ3v) is 3.29. The van der Waals surface area contributed by atoms with Crippen LogP contribution in [0.1, 0.15) is 18.4 Å². The van der Waals surface area contributed by atoms with E-state index >= 15 is 0 Å². The smallest absolute Gasteiger partial charge is 0.147 e. The summed E-state index contributed by atoms with van der Waals surface area (Å²) in [6, 6.07) is 4.59. The number of ether oxygens (including phenoxy) is 1. The van der Waals surface area contributed by atoms with E-state index in [-0.39, 0.29) is 11.7 Å². The fourth-order valence-corrected chi connectivity index (χ4v) is 1.84. The summed E-state index contributed by atoms with van der Waals surface area (Å²) in [5.41, 5.74) is 6.23. The van der Waals surface area contributed by atoms with Gasteiger partial charge in [-0.1, -0.05) is 0 Å². The van der Waals surface area contributed by atoms with Crippen LogP contribution in [0.15, 0.2) is 18.2 Å². The van der Waals surface area contributed by atoms with E-state index in [0.29, 0.717) is 24.4 Å². The maximum Gasteiger partial charge on any atom is 0.147 e. The van der Waals surface area contributed by atoms with E-state index in [4.69, 9.17) is 15.9 Å². The summed E-state index contributed by atoms with van der Waals surface area (Å²) in [6.07, 6.45) is 2.55. The third kappa shape index (κ3) is 3.92. The van der Waals surface area contributed by atoms with Crippen LogP contribution in [0.4, 0.5) is 10.1 Å². The molecule has 0 amide bonds. The number of nitrogens with one attached hydrogen (secondary N) is 1. The predicted molar refractivity (Wildman–Crippen MR) is 74.2 cm³/mol. The molecule has 0 aliphatic heterocycles. The SMILES string of the molecule is CN(CCOCC1CC1)c1ccc(C(=N)N)cc1F. The monoisotopic (exact) mass is 265 g/mol. The highest BCUT2D eigenvalue weighted by molar-refractivity contribution is 5.95. The molecule has 0 bridgehead atoms. The molecule has 0 aromatic heterocycles. The highest BCUT2D eigenvalue weighted by atomic mass is 19.1. The van der Waals surface area contributed by atoms with Crippen LogP contribution in [0.2, 0.25) is 0 Å². The van der Waals surface area contributed by atoms with Gasteiger partial charge in [0.1, 0.15) is 11.7 Å². The van der Waals surface area contributed by atoms with Crippen LogP contribution < -0.4 is 10.6 Å². The first kappa shape index (κ1) is 13.8. The standard InChI is InChI=1S/C14H20FN3O/c1-18(6-7-19-9-10-2-3-10)13-5-4-11(14(16)17)8-12(13)15/h4-5,8,10H,2-3,6-7,9H2,1H3,(H3,16,17). The summed E-state index contributed by atoms with van der Waals surface area (Å²) in [5, 5.41) is 7.27. The molecule has 104 valence electrons. The molecule has 1 fully saturated rings. The maximum absolute atomic E-state index is 13.9. The second kappa shape index (κ2) is 6.02. The third-order valence-electron chi connectivity index (χ3n) is 3.29. The first-order valence-corrected chi connectivity index (χ1v) is 6.50. The molecule has 5 heteroatoms. The molecule has 1 aromatic carbocycles. The zero-order valence-electron chi connectivity index (χ0n) is 11.2.